The number of nitrogens with two attached hydrogens (primary N) is 1. The lowest BCUT2D eigenvalue weighted by Crippen LogP contribution is -2.51. The largest absolute Gasteiger partial charge is 0.329 e. The van der Waals surface area contributed by atoms with Crippen LogP contribution in [0.4, 0.5) is 5.69 Å². The van der Waals surface area contributed by atoms with Crippen molar-refractivity contribution in [2.24, 2.45) is 11.7 Å². The highest BCUT2D eigenvalue weighted by molar-refractivity contribution is 7.89. The van der Waals surface area contributed by atoms with E-state index in [9.17, 15) is 13.2 Å². The van der Waals surface area contributed by atoms with Gasteiger partial charge in [-0.3, -0.25) is 4.79 Å². The summed E-state index contributed by atoms with van der Waals surface area (Å²) in [6, 6.07) is 4.98. The van der Waals surface area contributed by atoms with Gasteiger partial charge in [0.05, 0.1) is 4.90 Å². The first-order valence-electron chi connectivity index (χ1n) is 8.66. The molecule has 1 aromatic carbocycles. The molecule has 1 aromatic rings. The summed E-state index contributed by atoms with van der Waals surface area (Å²) in [6.45, 7) is 9.62. The first-order valence-corrected chi connectivity index (χ1v) is 10.1. The van der Waals surface area contributed by atoms with Crippen LogP contribution in [0.25, 0.3) is 0 Å². The van der Waals surface area contributed by atoms with E-state index in [1.165, 1.54) is 6.92 Å². The Balaban J connectivity index is 2.33. The predicted molar refractivity (Wildman–Crippen MR) is 100 cm³/mol. The van der Waals surface area contributed by atoms with E-state index < -0.39 is 15.6 Å². The molecular formula is C18H29N3O3S. The van der Waals surface area contributed by atoms with Gasteiger partial charge in [0.15, 0.2) is 0 Å². The normalized spacial score (nSPS) is 19.8. The Kier molecular flexibility index (Phi) is 5.61. The van der Waals surface area contributed by atoms with Crippen LogP contribution in [0, 0.1) is 5.92 Å². The number of carbonyl (C=O) groups excluding carboxylic acids is 1. The van der Waals surface area contributed by atoms with E-state index in [2.05, 4.69) is 4.72 Å². The highest BCUT2D eigenvalue weighted by Gasteiger charge is 2.33. The first-order chi connectivity index (χ1) is 11.5. The maximum absolute atomic E-state index is 12.8. The van der Waals surface area contributed by atoms with Gasteiger partial charge in [-0.25, -0.2) is 13.1 Å². The van der Waals surface area contributed by atoms with Crippen LogP contribution in [0.2, 0.25) is 0 Å². The van der Waals surface area contributed by atoms with Gasteiger partial charge < -0.3 is 10.6 Å². The fourth-order valence-electron chi connectivity index (χ4n) is 3.71. The molecule has 0 aromatic heterocycles. The molecule has 6 nitrogen and oxygen atoms in total. The number of carbonyl (C=O) groups is 1. The van der Waals surface area contributed by atoms with Gasteiger partial charge in [-0.05, 0) is 56.4 Å². The van der Waals surface area contributed by atoms with Crippen LogP contribution in [-0.2, 0) is 21.2 Å². The molecule has 1 aliphatic rings. The average molecular weight is 368 g/mol. The van der Waals surface area contributed by atoms with Gasteiger partial charge >= 0.3 is 0 Å². The summed E-state index contributed by atoms with van der Waals surface area (Å²) >= 11 is 0. The van der Waals surface area contributed by atoms with E-state index in [1.54, 1.807) is 23.1 Å². The number of anilines is 1. The zero-order valence-electron chi connectivity index (χ0n) is 15.7. The lowest BCUT2D eigenvalue weighted by molar-refractivity contribution is -0.116. The third-order valence-corrected chi connectivity index (χ3v) is 6.24. The number of sulfonamides is 1. The van der Waals surface area contributed by atoms with Gasteiger partial charge in [0.1, 0.15) is 0 Å². The molecule has 0 bridgehead atoms. The lowest BCUT2D eigenvalue weighted by Gasteiger charge is -2.30. The minimum absolute atomic E-state index is 0.0346. The van der Waals surface area contributed by atoms with Gasteiger partial charge in [0.25, 0.3) is 0 Å². The van der Waals surface area contributed by atoms with Gasteiger partial charge in [0.2, 0.25) is 15.9 Å². The number of amides is 1. The first kappa shape index (κ1) is 19.9. The minimum atomic E-state index is -3.69. The SMILES string of the molecule is CC(=O)N1c2ccc(S(=O)(=O)NC(C)(CN)CC(C)C)cc2CC1C. The van der Waals surface area contributed by atoms with E-state index in [1.807, 2.05) is 27.7 Å². The molecular weight excluding hydrogens is 338 g/mol. The Hall–Kier alpha value is -1.44. The Labute approximate surface area is 150 Å². The molecule has 7 heteroatoms. The quantitative estimate of drug-likeness (QED) is 0.804. The van der Waals surface area contributed by atoms with Gasteiger partial charge in [0, 0.05) is 30.7 Å². The number of hydrogen-bond donors (Lipinski definition) is 2. The highest BCUT2D eigenvalue weighted by Crippen LogP contribution is 2.34. The van der Waals surface area contributed by atoms with E-state index >= 15 is 0 Å². The summed E-state index contributed by atoms with van der Waals surface area (Å²) in [5.41, 5.74) is 6.81. The van der Waals surface area contributed by atoms with Crippen molar-refractivity contribution in [1.82, 2.24) is 4.72 Å². The zero-order valence-corrected chi connectivity index (χ0v) is 16.5. The van der Waals surface area contributed by atoms with Crippen molar-refractivity contribution in [3.8, 4) is 0 Å². The third kappa shape index (κ3) is 4.22. The standard InChI is InChI=1S/C18H29N3O3S/c1-12(2)10-18(5,11-19)20-25(23,24)16-6-7-17-15(9-16)8-13(3)21(17)14(4)22/h6-7,9,12-13,20H,8,10-11,19H2,1-5H3. The molecule has 0 saturated carbocycles. The van der Waals surface area contributed by atoms with E-state index in [4.69, 9.17) is 5.73 Å². The number of fused-ring (bicyclic) bond motifs is 1. The zero-order chi connectivity index (χ0) is 19.0. The van der Waals surface area contributed by atoms with Gasteiger partial charge in [-0.1, -0.05) is 13.8 Å². The van der Waals surface area contributed by atoms with Crippen LogP contribution in [0.5, 0.6) is 0 Å². The number of hydrogen-bond acceptors (Lipinski definition) is 4. The van der Waals surface area contributed by atoms with Crippen molar-refractivity contribution in [1.29, 1.82) is 0 Å². The molecule has 2 unspecified atom stereocenters. The van der Waals surface area contributed by atoms with Gasteiger partial charge in [-0.15, -0.1) is 0 Å². The molecule has 0 aliphatic carbocycles. The van der Waals surface area contributed by atoms with Crippen LogP contribution in [0.15, 0.2) is 23.1 Å². The summed E-state index contributed by atoms with van der Waals surface area (Å²) < 4.78 is 28.4. The summed E-state index contributed by atoms with van der Waals surface area (Å²) in [5, 5.41) is 0. The number of nitrogens with zero attached hydrogens (tertiary/aromatic N) is 1. The van der Waals surface area contributed by atoms with Crippen LogP contribution in [-0.4, -0.2) is 32.5 Å². The van der Waals surface area contributed by atoms with Crippen molar-refractivity contribution >= 4 is 21.6 Å². The van der Waals surface area contributed by atoms with E-state index in [0.717, 1.165) is 11.3 Å². The predicted octanol–water partition coefficient (Wildman–Crippen LogP) is 2.03. The second-order valence-electron chi connectivity index (χ2n) is 7.70. The molecule has 1 amide bonds. The van der Waals surface area contributed by atoms with E-state index in [0.29, 0.717) is 18.8 Å². The molecule has 0 spiro atoms. The molecule has 2 atom stereocenters. The van der Waals surface area contributed by atoms with Crippen molar-refractivity contribution in [2.75, 3.05) is 11.4 Å². The van der Waals surface area contributed by atoms with Crippen molar-refractivity contribution < 1.29 is 13.2 Å². The second-order valence-corrected chi connectivity index (χ2v) is 9.38. The van der Waals surface area contributed by atoms with Gasteiger partial charge in [-0.2, -0.15) is 0 Å². The maximum atomic E-state index is 12.8. The molecule has 0 saturated heterocycles. The monoisotopic (exact) mass is 367 g/mol. The Bertz CT molecular complexity index is 761. The maximum Gasteiger partial charge on any atom is 0.241 e. The number of rotatable bonds is 6. The van der Waals surface area contributed by atoms with E-state index in [-0.39, 0.29) is 23.4 Å². The van der Waals surface area contributed by atoms with Crippen LogP contribution >= 0.6 is 0 Å². The summed E-state index contributed by atoms with van der Waals surface area (Å²) in [4.78, 5) is 13.7. The molecule has 1 heterocycles. The molecule has 0 radical (unpaired) electrons. The Morgan fingerprint density at radius 1 is 1.44 bits per heavy atom. The summed E-state index contributed by atoms with van der Waals surface area (Å²) in [6.07, 6.45) is 1.31. The topological polar surface area (TPSA) is 92.5 Å². The molecule has 2 rings (SSSR count). The van der Waals surface area contributed by atoms with Crippen LogP contribution < -0.4 is 15.4 Å². The minimum Gasteiger partial charge on any atom is -0.329 e. The van der Waals surface area contributed by atoms with Crippen molar-refractivity contribution in [3.63, 3.8) is 0 Å². The molecule has 3 N–H and O–H groups in total. The number of benzene rings is 1. The summed E-state index contributed by atoms with van der Waals surface area (Å²) in [7, 11) is -3.69. The van der Waals surface area contributed by atoms with Crippen LogP contribution in [0.1, 0.15) is 46.6 Å². The second kappa shape index (κ2) is 7.05. The average Bonchev–Trinajstić information content (AvgIpc) is 2.80. The van der Waals surface area contributed by atoms with Crippen molar-refractivity contribution in [2.45, 2.75) is 63.9 Å². The summed E-state index contributed by atoms with van der Waals surface area (Å²) in [5.74, 6) is 0.286. The molecule has 140 valence electrons. The lowest BCUT2D eigenvalue weighted by atomic mass is 9.92. The Morgan fingerprint density at radius 2 is 2.08 bits per heavy atom. The third-order valence-electron chi connectivity index (χ3n) is 4.61. The fourth-order valence-corrected chi connectivity index (χ4v) is 5.18. The fraction of sp³-hybridized carbons (Fsp3) is 0.611. The number of nitrogens with one attached hydrogen (secondary N) is 1. The smallest absolute Gasteiger partial charge is 0.241 e. The molecule has 25 heavy (non-hydrogen) atoms. The molecule has 1 aliphatic heterocycles. The Morgan fingerprint density at radius 3 is 2.60 bits per heavy atom. The van der Waals surface area contributed by atoms with Crippen LogP contribution in [0.3, 0.4) is 0 Å². The van der Waals surface area contributed by atoms with Crippen molar-refractivity contribution in [3.05, 3.63) is 23.8 Å². The highest BCUT2D eigenvalue weighted by atomic mass is 32.2. The molecule has 0 fully saturated rings.